The molecule has 2 N–H and O–H groups in total. The molecular weight excluding hydrogens is 380 g/mol. The van der Waals surface area contributed by atoms with Crippen molar-refractivity contribution < 1.29 is 23.4 Å². The van der Waals surface area contributed by atoms with E-state index in [0.717, 1.165) is 4.68 Å². The molecule has 27 heavy (non-hydrogen) atoms. The van der Waals surface area contributed by atoms with Crippen LogP contribution in [0.3, 0.4) is 0 Å². The number of rotatable bonds is 5. The standard InChI is InChI=1S/C18H14ClF2N3O3/c19-14-15(18(20,21)11-25)23-24(12-7-3-1-4-8-12)16(14)22-17(26)27-13-9-5-2-6-10-13/h1-10,25H,11H2,(H,22,26). The predicted octanol–water partition coefficient (Wildman–Crippen LogP) is 4.22. The molecule has 6 nitrogen and oxygen atoms in total. The van der Waals surface area contributed by atoms with Crippen molar-refractivity contribution in [3.63, 3.8) is 0 Å². The Hall–Kier alpha value is -2.97. The number of carbonyl (C=O) groups is 1. The highest BCUT2D eigenvalue weighted by atomic mass is 35.5. The Morgan fingerprint density at radius 2 is 1.74 bits per heavy atom. The molecule has 0 aliphatic rings. The summed E-state index contributed by atoms with van der Waals surface area (Å²) in [6.45, 7) is -1.48. The van der Waals surface area contributed by atoms with Gasteiger partial charge < -0.3 is 9.84 Å². The van der Waals surface area contributed by atoms with E-state index in [1.165, 1.54) is 0 Å². The maximum Gasteiger partial charge on any atom is 0.418 e. The van der Waals surface area contributed by atoms with Crippen LogP contribution in [0.1, 0.15) is 5.69 Å². The van der Waals surface area contributed by atoms with Crippen molar-refractivity contribution in [1.29, 1.82) is 0 Å². The van der Waals surface area contributed by atoms with Crippen LogP contribution in [-0.2, 0) is 5.92 Å². The van der Waals surface area contributed by atoms with Crippen molar-refractivity contribution in [3.05, 3.63) is 71.4 Å². The second kappa shape index (κ2) is 7.73. The normalized spacial score (nSPS) is 11.3. The number of aliphatic hydroxyl groups is 1. The Bertz CT molecular complexity index is 934. The molecule has 0 unspecified atom stereocenters. The van der Waals surface area contributed by atoms with Gasteiger partial charge in [0.15, 0.2) is 11.5 Å². The van der Waals surface area contributed by atoms with Gasteiger partial charge in [0, 0.05) is 0 Å². The molecule has 1 amide bonds. The monoisotopic (exact) mass is 393 g/mol. The zero-order valence-corrected chi connectivity index (χ0v) is 14.5. The number of hydrogen-bond donors (Lipinski definition) is 2. The SMILES string of the molecule is O=C(Nc1c(Cl)c(C(F)(F)CO)nn1-c1ccccc1)Oc1ccccc1. The lowest BCUT2D eigenvalue weighted by atomic mass is 10.2. The van der Waals surface area contributed by atoms with Crippen LogP contribution in [0.4, 0.5) is 19.4 Å². The van der Waals surface area contributed by atoms with Crippen molar-refractivity contribution in [2.45, 2.75) is 5.92 Å². The molecular formula is C18H14ClF2N3O3. The summed E-state index contributed by atoms with van der Waals surface area (Å²) >= 11 is 6.05. The fraction of sp³-hybridized carbons (Fsp3) is 0.111. The third kappa shape index (κ3) is 4.07. The summed E-state index contributed by atoms with van der Waals surface area (Å²) in [5, 5.41) is 14.6. The smallest absolute Gasteiger partial charge is 0.410 e. The zero-order chi connectivity index (χ0) is 19.4. The van der Waals surface area contributed by atoms with Gasteiger partial charge in [-0.1, -0.05) is 48.0 Å². The first kappa shape index (κ1) is 18.8. The van der Waals surface area contributed by atoms with Crippen molar-refractivity contribution in [2.75, 3.05) is 11.9 Å². The average Bonchev–Trinajstić information content (AvgIpc) is 3.00. The van der Waals surface area contributed by atoms with Crippen molar-refractivity contribution >= 4 is 23.5 Å². The summed E-state index contributed by atoms with van der Waals surface area (Å²) in [5.74, 6) is -3.62. The fourth-order valence-electron chi connectivity index (χ4n) is 2.29. The minimum Gasteiger partial charge on any atom is -0.410 e. The van der Waals surface area contributed by atoms with Crippen LogP contribution in [0.25, 0.3) is 5.69 Å². The summed E-state index contributed by atoms with van der Waals surface area (Å²) in [5.41, 5.74) is -0.472. The van der Waals surface area contributed by atoms with Crippen LogP contribution in [0, 0.1) is 0 Å². The Balaban J connectivity index is 1.98. The van der Waals surface area contributed by atoms with Gasteiger partial charge in [-0.15, -0.1) is 0 Å². The quantitative estimate of drug-likeness (QED) is 0.680. The molecule has 3 aromatic rings. The number of anilines is 1. The summed E-state index contributed by atoms with van der Waals surface area (Å²) in [6.07, 6.45) is -0.931. The number of nitrogens with one attached hydrogen (secondary N) is 1. The number of aliphatic hydroxyl groups excluding tert-OH is 1. The first-order valence-corrected chi connectivity index (χ1v) is 8.17. The average molecular weight is 394 g/mol. The Morgan fingerprint density at radius 1 is 1.15 bits per heavy atom. The number of aromatic nitrogens is 2. The van der Waals surface area contributed by atoms with Crippen LogP contribution in [0.2, 0.25) is 5.02 Å². The lowest BCUT2D eigenvalue weighted by Gasteiger charge is -2.10. The van der Waals surface area contributed by atoms with Crippen molar-refractivity contribution in [3.8, 4) is 11.4 Å². The molecule has 0 aliphatic heterocycles. The number of alkyl halides is 2. The number of ether oxygens (including phenoxy) is 1. The van der Waals surface area contributed by atoms with Crippen LogP contribution in [0.5, 0.6) is 5.75 Å². The van der Waals surface area contributed by atoms with Gasteiger partial charge in [0.05, 0.1) is 5.69 Å². The minimum absolute atomic E-state index is 0.202. The fourth-order valence-corrected chi connectivity index (χ4v) is 2.59. The Morgan fingerprint density at radius 3 is 2.33 bits per heavy atom. The van der Waals surface area contributed by atoms with Crippen LogP contribution in [-0.4, -0.2) is 27.6 Å². The van der Waals surface area contributed by atoms with E-state index in [0.29, 0.717) is 5.69 Å². The van der Waals surface area contributed by atoms with Gasteiger partial charge in [-0.05, 0) is 24.3 Å². The van der Waals surface area contributed by atoms with Gasteiger partial charge in [-0.25, -0.2) is 9.48 Å². The largest absolute Gasteiger partial charge is 0.418 e. The number of nitrogens with zero attached hydrogens (tertiary/aromatic N) is 2. The first-order chi connectivity index (χ1) is 12.9. The van der Waals surface area contributed by atoms with Gasteiger partial charge in [-0.2, -0.15) is 13.9 Å². The molecule has 9 heteroatoms. The van der Waals surface area contributed by atoms with E-state index in [2.05, 4.69) is 10.4 Å². The molecule has 0 saturated heterocycles. The molecule has 1 heterocycles. The topological polar surface area (TPSA) is 76.4 Å². The minimum atomic E-state index is -3.68. The van der Waals surface area contributed by atoms with Gasteiger partial charge >= 0.3 is 12.0 Å². The molecule has 0 aliphatic carbocycles. The Labute approximate surface area is 158 Å². The maximum atomic E-state index is 14.0. The first-order valence-electron chi connectivity index (χ1n) is 7.79. The van der Waals surface area contributed by atoms with E-state index in [1.807, 2.05) is 0 Å². The van der Waals surface area contributed by atoms with E-state index in [-0.39, 0.29) is 11.6 Å². The molecule has 0 bridgehead atoms. The van der Waals surface area contributed by atoms with Gasteiger partial charge in [0.2, 0.25) is 0 Å². The molecule has 0 spiro atoms. The van der Waals surface area contributed by atoms with E-state index in [4.69, 9.17) is 21.4 Å². The highest BCUT2D eigenvalue weighted by Gasteiger charge is 2.39. The summed E-state index contributed by atoms with van der Waals surface area (Å²) in [6, 6.07) is 16.5. The summed E-state index contributed by atoms with van der Waals surface area (Å²) in [4.78, 5) is 12.2. The highest BCUT2D eigenvalue weighted by Crippen LogP contribution is 2.38. The van der Waals surface area contributed by atoms with E-state index < -0.39 is 29.3 Å². The molecule has 140 valence electrons. The van der Waals surface area contributed by atoms with Crippen LogP contribution in [0.15, 0.2) is 60.7 Å². The maximum absolute atomic E-state index is 14.0. The highest BCUT2D eigenvalue weighted by molar-refractivity contribution is 6.34. The van der Waals surface area contributed by atoms with E-state index in [9.17, 15) is 13.6 Å². The molecule has 0 fully saturated rings. The third-order valence-corrected chi connectivity index (χ3v) is 3.91. The number of carbonyl (C=O) groups excluding carboxylic acids is 1. The van der Waals surface area contributed by atoms with Crippen LogP contribution < -0.4 is 10.1 Å². The number of amides is 1. The van der Waals surface area contributed by atoms with E-state index >= 15 is 0 Å². The number of halogens is 3. The second-order valence-electron chi connectivity index (χ2n) is 5.45. The summed E-state index contributed by atoms with van der Waals surface area (Å²) < 4.78 is 34.1. The number of hydrogen-bond acceptors (Lipinski definition) is 4. The van der Waals surface area contributed by atoms with Crippen LogP contribution >= 0.6 is 11.6 Å². The van der Waals surface area contributed by atoms with Crippen molar-refractivity contribution in [1.82, 2.24) is 9.78 Å². The zero-order valence-electron chi connectivity index (χ0n) is 13.8. The Kier molecular flexibility index (Phi) is 5.38. The molecule has 2 aromatic carbocycles. The molecule has 0 saturated carbocycles. The molecule has 3 rings (SSSR count). The van der Waals surface area contributed by atoms with E-state index in [1.54, 1.807) is 60.7 Å². The molecule has 0 atom stereocenters. The lowest BCUT2D eigenvalue weighted by molar-refractivity contribution is -0.0593. The lowest BCUT2D eigenvalue weighted by Crippen LogP contribution is -2.20. The van der Waals surface area contributed by atoms with Gasteiger partial charge in [0.25, 0.3) is 0 Å². The van der Waals surface area contributed by atoms with Gasteiger partial charge in [0.1, 0.15) is 17.4 Å². The van der Waals surface area contributed by atoms with Gasteiger partial charge in [-0.3, -0.25) is 5.32 Å². The molecule has 1 aromatic heterocycles. The van der Waals surface area contributed by atoms with Crippen molar-refractivity contribution in [2.24, 2.45) is 0 Å². The predicted molar refractivity (Wildman–Crippen MR) is 95.6 cm³/mol. The third-order valence-electron chi connectivity index (χ3n) is 3.55. The second-order valence-corrected chi connectivity index (χ2v) is 5.83. The number of para-hydroxylation sites is 2. The summed E-state index contributed by atoms with van der Waals surface area (Å²) in [7, 11) is 0. The molecule has 0 radical (unpaired) electrons. The number of benzene rings is 2.